The summed E-state index contributed by atoms with van der Waals surface area (Å²) in [6.07, 6.45) is 0. The molecule has 0 unspecified atom stereocenters. The highest BCUT2D eigenvalue weighted by Crippen LogP contribution is 2.24. The standard InChI is InChI=1S/C16H14ClN3O3S/c1-23-13-7-6-9(8-11(13)17)15(22)20-16(24)19-12-5-3-2-4-10(12)14(18)21/h2-8H,1H3,(H2,18,21)(H2,19,20,22,24). The van der Waals surface area contributed by atoms with Gasteiger partial charge in [-0.05, 0) is 42.5 Å². The number of halogens is 1. The third-order valence-electron chi connectivity index (χ3n) is 3.08. The van der Waals surface area contributed by atoms with E-state index in [1.807, 2.05) is 0 Å². The second-order valence-electron chi connectivity index (χ2n) is 4.67. The molecule has 0 aromatic heterocycles. The zero-order chi connectivity index (χ0) is 17.7. The van der Waals surface area contributed by atoms with Crippen molar-refractivity contribution in [3.05, 3.63) is 58.6 Å². The number of para-hydroxylation sites is 1. The molecule has 0 aliphatic carbocycles. The Morgan fingerprint density at radius 1 is 1.21 bits per heavy atom. The van der Waals surface area contributed by atoms with Gasteiger partial charge in [0.15, 0.2) is 5.11 Å². The molecule has 0 saturated heterocycles. The number of methoxy groups -OCH3 is 1. The Hall–Kier alpha value is -2.64. The van der Waals surface area contributed by atoms with Crippen LogP contribution < -0.4 is 21.1 Å². The van der Waals surface area contributed by atoms with E-state index < -0.39 is 11.8 Å². The number of primary amides is 1. The van der Waals surface area contributed by atoms with Crippen LogP contribution in [0.5, 0.6) is 5.75 Å². The lowest BCUT2D eigenvalue weighted by atomic mass is 10.1. The number of thiocarbonyl (C=S) groups is 1. The summed E-state index contributed by atoms with van der Waals surface area (Å²) in [5.74, 6) is -0.591. The summed E-state index contributed by atoms with van der Waals surface area (Å²) in [6.45, 7) is 0. The molecule has 6 nitrogen and oxygen atoms in total. The van der Waals surface area contributed by atoms with Gasteiger partial charge in [-0.2, -0.15) is 0 Å². The molecule has 0 radical (unpaired) electrons. The fourth-order valence-electron chi connectivity index (χ4n) is 1.94. The molecule has 0 aliphatic heterocycles. The molecule has 24 heavy (non-hydrogen) atoms. The minimum Gasteiger partial charge on any atom is -0.495 e. The van der Waals surface area contributed by atoms with Crippen molar-refractivity contribution in [1.82, 2.24) is 5.32 Å². The maximum Gasteiger partial charge on any atom is 0.257 e. The van der Waals surface area contributed by atoms with Gasteiger partial charge in [0.25, 0.3) is 11.8 Å². The average Bonchev–Trinajstić information content (AvgIpc) is 2.54. The number of ether oxygens (including phenoxy) is 1. The third kappa shape index (κ3) is 4.21. The Bertz CT molecular complexity index is 811. The number of hydrogen-bond acceptors (Lipinski definition) is 4. The molecule has 2 rings (SSSR count). The van der Waals surface area contributed by atoms with Crippen molar-refractivity contribution in [1.29, 1.82) is 0 Å². The molecule has 0 bridgehead atoms. The first-order chi connectivity index (χ1) is 11.4. The van der Waals surface area contributed by atoms with Crippen LogP contribution in [0.4, 0.5) is 5.69 Å². The largest absolute Gasteiger partial charge is 0.495 e. The summed E-state index contributed by atoms with van der Waals surface area (Å²) in [4.78, 5) is 23.6. The Labute approximate surface area is 148 Å². The molecule has 2 aromatic carbocycles. The van der Waals surface area contributed by atoms with Crippen molar-refractivity contribution in [2.24, 2.45) is 5.73 Å². The molecule has 0 saturated carbocycles. The van der Waals surface area contributed by atoms with E-state index >= 15 is 0 Å². The molecule has 4 N–H and O–H groups in total. The first-order valence-corrected chi connectivity index (χ1v) is 7.55. The molecule has 2 amide bonds. The van der Waals surface area contributed by atoms with Gasteiger partial charge in [-0.1, -0.05) is 23.7 Å². The number of hydrogen-bond donors (Lipinski definition) is 3. The van der Waals surface area contributed by atoms with Crippen molar-refractivity contribution in [3.63, 3.8) is 0 Å². The molecule has 124 valence electrons. The van der Waals surface area contributed by atoms with Gasteiger partial charge in [-0.3, -0.25) is 14.9 Å². The minimum absolute atomic E-state index is 0.0284. The average molecular weight is 364 g/mol. The van der Waals surface area contributed by atoms with E-state index in [0.29, 0.717) is 22.0 Å². The Balaban J connectivity index is 2.09. The van der Waals surface area contributed by atoms with Gasteiger partial charge in [0.1, 0.15) is 5.75 Å². The smallest absolute Gasteiger partial charge is 0.257 e. The summed E-state index contributed by atoms with van der Waals surface area (Å²) in [5, 5.41) is 5.61. The SMILES string of the molecule is COc1ccc(C(=O)NC(=S)Nc2ccccc2C(N)=O)cc1Cl. The number of nitrogens with one attached hydrogen (secondary N) is 2. The number of carbonyl (C=O) groups is 2. The van der Waals surface area contributed by atoms with Crippen molar-refractivity contribution in [2.45, 2.75) is 0 Å². The summed E-state index contributed by atoms with van der Waals surface area (Å²) >= 11 is 11.1. The summed E-state index contributed by atoms with van der Waals surface area (Å²) in [7, 11) is 1.48. The Kier molecular flexibility index (Phi) is 5.73. The van der Waals surface area contributed by atoms with Gasteiger partial charge in [0.05, 0.1) is 23.4 Å². The number of anilines is 1. The molecule has 0 atom stereocenters. The number of rotatable bonds is 4. The quantitative estimate of drug-likeness (QED) is 0.726. The lowest BCUT2D eigenvalue weighted by Crippen LogP contribution is -2.34. The van der Waals surface area contributed by atoms with Gasteiger partial charge in [-0.25, -0.2) is 0 Å². The van der Waals surface area contributed by atoms with Crippen LogP contribution in [-0.2, 0) is 0 Å². The molecule has 0 fully saturated rings. The van der Waals surface area contributed by atoms with Crippen molar-refractivity contribution >= 4 is 46.4 Å². The van der Waals surface area contributed by atoms with Gasteiger partial charge in [-0.15, -0.1) is 0 Å². The number of benzene rings is 2. The van der Waals surface area contributed by atoms with Crippen LogP contribution in [0.2, 0.25) is 5.02 Å². The first-order valence-electron chi connectivity index (χ1n) is 6.77. The Morgan fingerprint density at radius 3 is 2.54 bits per heavy atom. The minimum atomic E-state index is -0.603. The van der Waals surface area contributed by atoms with Crippen molar-refractivity contribution < 1.29 is 14.3 Å². The fourth-order valence-corrected chi connectivity index (χ4v) is 2.40. The Morgan fingerprint density at radius 2 is 1.92 bits per heavy atom. The summed E-state index contributed by atoms with van der Waals surface area (Å²) < 4.78 is 5.03. The van der Waals surface area contributed by atoms with Gasteiger partial charge in [0.2, 0.25) is 0 Å². The van der Waals surface area contributed by atoms with E-state index in [9.17, 15) is 9.59 Å². The maximum absolute atomic E-state index is 12.2. The molecular formula is C16H14ClN3O3S. The van der Waals surface area contributed by atoms with Crippen molar-refractivity contribution in [2.75, 3.05) is 12.4 Å². The van der Waals surface area contributed by atoms with Crippen LogP contribution in [0.15, 0.2) is 42.5 Å². The summed E-state index contributed by atoms with van der Waals surface area (Å²) in [6, 6.07) is 11.2. The molecule has 0 spiro atoms. The predicted octanol–water partition coefficient (Wildman–Crippen LogP) is 2.57. The fraction of sp³-hybridized carbons (Fsp3) is 0.0625. The van der Waals surface area contributed by atoms with Gasteiger partial charge in [0, 0.05) is 5.56 Å². The summed E-state index contributed by atoms with van der Waals surface area (Å²) in [5.41, 5.74) is 6.27. The van der Waals surface area contributed by atoms with E-state index in [0.717, 1.165) is 0 Å². The lowest BCUT2D eigenvalue weighted by Gasteiger charge is -2.12. The van der Waals surface area contributed by atoms with E-state index in [1.165, 1.54) is 13.2 Å². The topological polar surface area (TPSA) is 93.4 Å². The third-order valence-corrected chi connectivity index (χ3v) is 3.58. The molecule has 8 heteroatoms. The highest BCUT2D eigenvalue weighted by atomic mass is 35.5. The molecule has 0 heterocycles. The van der Waals surface area contributed by atoms with E-state index in [1.54, 1.807) is 36.4 Å². The monoisotopic (exact) mass is 363 g/mol. The number of carbonyl (C=O) groups excluding carboxylic acids is 2. The van der Waals surface area contributed by atoms with Gasteiger partial charge < -0.3 is 15.8 Å². The van der Waals surface area contributed by atoms with Crippen LogP contribution in [0.25, 0.3) is 0 Å². The zero-order valence-corrected chi connectivity index (χ0v) is 14.2. The normalized spacial score (nSPS) is 9.92. The maximum atomic E-state index is 12.2. The lowest BCUT2D eigenvalue weighted by molar-refractivity contribution is 0.0975. The predicted molar refractivity (Wildman–Crippen MR) is 96.7 cm³/mol. The second kappa shape index (κ2) is 7.76. The second-order valence-corrected chi connectivity index (χ2v) is 5.48. The molecule has 2 aromatic rings. The zero-order valence-electron chi connectivity index (χ0n) is 12.6. The van der Waals surface area contributed by atoms with Crippen LogP contribution in [0.3, 0.4) is 0 Å². The van der Waals surface area contributed by atoms with E-state index in [4.69, 9.17) is 34.3 Å². The molecular weight excluding hydrogens is 350 g/mol. The molecule has 0 aliphatic rings. The van der Waals surface area contributed by atoms with Gasteiger partial charge >= 0.3 is 0 Å². The van der Waals surface area contributed by atoms with Crippen LogP contribution >= 0.6 is 23.8 Å². The van der Waals surface area contributed by atoms with Crippen LogP contribution in [0, 0.1) is 0 Å². The van der Waals surface area contributed by atoms with Crippen LogP contribution in [-0.4, -0.2) is 24.0 Å². The van der Waals surface area contributed by atoms with E-state index in [-0.39, 0.29) is 10.7 Å². The van der Waals surface area contributed by atoms with Crippen LogP contribution in [0.1, 0.15) is 20.7 Å². The number of amides is 2. The first kappa shape index (κ1) is 17.7. The highest BCUT2D eigenvalue weighted by molar-refractivity contribution is 7.80. The highest BCUT2D eigenvalue weighted by Gasteiger charge is 2.13. The van der Waals surface area contributed by atoms with Crippen molar-refractivity contribution in [3.8, 4) is 5.75 Å². The number of nitrogens with two attached hydrogens (primary N) is 1. The van der Waals surface area contributed by atoms with E-state index in [2.05, 4.69) is 10.6 Å².